The van der Waals surface area contributed by atoms with E-state index in [4.69, 9.17) is 4.74 Å². The van der Waals surface area contributed by atoms with Crippen LogP contribution in [0.2, 0.25) is 0 Å². The van der Waals surface area contributed by atoms with Gasteiger partial charge in [-0.15, -0.1) is 0 Å². The third kappa shape index (κ3) is 2.77. The summed E-state index contributed by atoms with van der Waals surface area (Å²) in [6.45, 7) is 2.18. The number of rotatable bonds is 1. The van der Waals surface area contributed by atoms with Gasteiger partial charge >= 0.3 is 0 Å². The predicted octanol–water partition coefficient (Wildman–Crippen LogP) is 2.05. The van der Waals surface area contributed by atoms with E-state index in [9.17, 15) is 0 Å². The third-order valence-corrected chi connectivity index (χ3v) is 2.86. The highest BCUT2D eigenvalue weighted by Gasteiger charge is 2.09. The summed E-state index contributed by atoms with van der Waals surface area (Å²) in [6, 6.07) is 7.92. The first-order chi connectivity index (χ1) is 7.90. The number of nitrogens with one attached hydrogen (secondary N) is 1. The zero-order valence-corrected chi connectivity index (χ0v) is 9.62. The Balaban J connectivity index is 2.10. The van der Waals surface area contributed by atoms with Gasteiger partial charge in [0.25, 0.3) is 0 Å². The van der Waals surface area contributed by atoms with Gasteiger partial charge in [-0.05, 0) is 38.1 Å². The molecule has 0 atom stereocenters. The van der Waals surface area contributed by atoms with Crippen LogP contribution in [-0.2, 0) is 0 Å². The quantitative estimate of drug-likeness (QED) is 0.724. The smallest absolute Gasteiger partial charge is 0.134 e. The van der Waals surface area contributed by atoms with Crippen LogP contribution in [0.4, 0.5) is 0 Å². The van der Waals surface area contributed by atoms with E-state index in [-0.39, 0.29) is 0 Å². The average molecular weight is 215 g/mol. The van der Waals surface area contributed by atoms with Crippen molar-refractivity contribution in [2.45, 2.75) is 12.8 Å². The van der Waals surface area contributed by atoms with Crippen molar-refractivity contribution in [3.8, 4) is 17.6 Å². The van der Waals surface area contributed by atoms with Gasteiger partial charge in [-0.1, -0.05) is 24.0 Å². The SMILES string of the molecule is COc1ccccc1C#CC1CCNCC1. The van der Waals surface area contributed by atoms with Crippen LogP contribution in [0.25, 0.3) is 0 Å². The second kappa shape index (κ2) is 5.58. The molecule has 0 aliphatic carbocycles. The first-order valence-electron chi connectivity index (χ1n) is 5.75. The molecule has 2 nitrogen and oxygen atoms in total. The highest BCUT2D eigenvalue weighted by atomic mass is 16.5. The Labute approximate surface area is 97.0 Å². The summed E-state index contributed by atoms with van der Waals surface area (Å²) >= 11 is 0. The Morgan fingerprint density at radius 2 is 2.00 bits per heavy atom. The highest BCUT2D eigenvalue weighted by molar-refractivity contribution is 5.46. The molecule has 84 valence electrons. The number of para-hydroxylation sites is 1. The molecule has 1 heterocycles. The van der Waals surface area contributed by atoms with Crippen LogP contribution in [0, 0.1) is 17.8 Å². The number of ether oxygens (including phenoxy) is 1. The van der Waals surface area contributed by atoms with E-state index in [0.29, 0.717) is 5.92 Å². The molecule has 0 spiro atoms. The Hall–Kier alpha value is -1.46. The number of hydrogen-bond acceptors (Lipinski definition) is 2. The molecule has 2 heteroatoms. The molecule has 0 saturated carbocycles. The fraction of sp³-hybridized carbons (Fsp3) is 0.429. The summed E-state index contributed by atoms with van der Waals surface area (Å²) in [5, 5.41) is 3.34. The van der Waals surface area contributed by atoms with Gasteiger partial charge in [-0.2, -0.15) is 0 Å². The highest BCUT2D eigenvalue weighted by Crippen LogP contribution is 2.16. The maximum Gasteiger partial charge on any atom is 0.134 e. The van der Waals surface area contributed by atoms with Crippen LogP contribution in [0.5, 0.6) is 5.75 Å². The molecule has 1 aromatic carbocycles. The minimum Gasteiger partial charge on any atom is -0.495 e. The number of methoxy groups -OCH3 is 1. The zero-order valence-electron chi connectivity index (χ0n) is 9.62. The number of hydrogen-bond donors (Lipinski definition) is 1. The molecule has 1 fully saturated rings. The van der Waals surface area contributed by atoms with Crippen molar-refractivity contribution in [3.05, 3.63) is 29.8 Å². The van der Waals surface area contributed by atoms with E-state index < -0.39 is 0 Å². The van der Waals surface area contributed by atoms with Gasteiger partial charge in [0.15, 0.2) is 0 Å². The van der Waals surface area contributed by atoms with Crippen LogP contribution < -0.4 is 10.1 Å². The fourth-order valence-corrected chi connectivity index (χ4v) is 1.89. The molecule has 1 aliphatic heterocycles. The minimum absolute atomic E-state index is 0.533. The molecule has 0 bridgehead atoms. The van der Waals surface area contributed by atoms with Gasteiger partial charge in [0.05, 0.1) is 12.7 Å². The van der Waals surface area contributed by atoms with E-state index in [0.717, 1.165) is 37.2 Å². The van der Waals surface area contributed by atoms with Gasteiger partial charge < -0.3 is 10.1 Å². The molecule has 1 saturated heterocycles. The Bertz CT molecular complexity index is 397. The molecular formula is C14H17NO. The number of piperidine rings is 1. The topological polar surface area (TPSA) is 21.3 Å². The molecule has 0 aromatic heterocycles. The van der Waals surface area contributed by atoms with E-state index in [1.54, 1.807) is 7.11 Å². The minimum atomic E-state index is 0.533. The predicted molar refractivity (Wildman–Crippen MR) is 65.5 cm³/mol. The van der Waals surface area contributed by atoms with Crippen molar-refractivity contribution < 1.29 is 4.74 Å². The molecule has 0 amide bonds. The lowest BCUT2D eigenvalue weighted by Crippen LogP contribution is -2.26. The van der Waals surface area contributed by atoms with Crippen LogP contribution >= 0.6 is 0 Å². The summed E-state index contributed by atoms with van der Waals surface area (Å²) < 4.78 is 5.27. The number of benzene rings is 1. The summed E-state index contributed by atoms with van der Waals surface area (Å²) in [7, 11) is 1.69. The fourth-order valence-electron chi connectivity index (χ4n) is 1.89. The van der Waals surface area contributed by atoms with Gasteiger partial charge in [0.2, 0.25) is 0 Å². The first-order valence-corrected chi connectivity index (χ1v) is 5.75. The van der Waals surface area contributed by atoms with Crippen molar-refractivity contribution >= 4 is 0 Å². The van der Waals surface area contributed by atoms with Gasteiger partial charge in [0.1, 0.15) is 5.75 Å². The maximum absolute atomic E-state index is 5.27. The molecule has 1 N–H and O–H groups in total. The Morgan fingerprint density at radius 1 is 1.25 bits per heavy atom. The van der Waals surface area contributed by atoms with Gasteiger partial charge in [-0.25, -0.2) is 0 Å². The first kappa shape index (κ1) is 11.0. The van der Waals surface area contributed by atoms with Crippen molar-refractivity contribution in [3.63, 3.8) is 0 Å². The zero-order chi connectivity index (χ0) is 11.2. The molecule has 16 heavy (non-hydrogen) atoms. The van der Waals surface area contributed by atoms with E-state index in [1.807, 2.05) is 24.3 Å². The summed E-state index contributed by atoms with van der Waals surface area (Å²) in [4.78, 5) is 0. The van der Waals surface area contributed by atoms with Crippen molar-refractivity contribution in [2.24, 2.45) is 5.92 Å². The normalized spacial score (nSPS) is 16.3. The summed E-state index contributed by atoms with van der Waals surface area (Å²) in [5.74, 6) is 7.97. The van der Waals surface area contributed by atoms with E-state index >= 15 is 0 Å². The second-order valence-electron chi connectivity index (χ2n) is 3.99. The standard InChI is InChI=1S/C14H17NO/c1-16-14-5-3-2-4-13(14)7-6-12-8-10-15-11-9-12/h2-5,12,15H,8-11H2,1H3. The lowest BCUT2D eigenvalue weighted by atomic mass is 9.98. The van der Waals surface area contributed by atoms with Crippen LogP contribution in [0.15, 0.2) is 24.3 Å². The van der Waals surface area contributed by atoms with Crippen molar-refractivity contribution in [1.82, 2.24) is 5.32 Å². The average Bonchev–Trinajstić information content (AvgIpc) is 2.38. The van der Waals surface area contributed by atoms with Crippen LogP contribution in [-0.4, -0.2) is 20.2 Å². The summed E-state index contributed by atoms with van der Waals surface area (Å²) in [5.41, 5.74) is 0.989. The van der Waals surface area contributed by atoms with Gasteiger partial charge in [-0.3, -0.25) is 0 Å². The van der Waals surface area contributed by atoms with Crippen LogP contribution in [0.3, 0.4) is 0 Å². The molecule has 2 rings (SSSR count). The molecule has 0 unspecified atom stereocenters. The molecule has 0 radical (unpaired) electrons. The molecular weight excluding hydrogens is 198 g/mol. The van der Waals surface area contributed by atoms with Crippen molar-refractivity contribution in [2.75, 3.05) is 20.2 Å². The summed E-state index contributed by atoms with van der Waals surface area (Å²) in [6.07, 6.45) is 2.31. The lowest BCUT2D eigenvalue weighted by molar-refractivity contribution is 0.413. The van der Waals surface area contributed by atoms with E-state index in [1.165, 1.54) is 0 Å². The Kier molecular flexibility index (Phi) is 3.85. The van der Waals surface area contributed by atoms with Crippen molar-refractivity contribution in [1.29, 1.82) is 0 Å². The Morgan fingerprint density at radius 3 is 2.75 bits per heavy atom. The van der Waals surface area contributed by atoms with Gasteiger partial charge in [0, 0.05) is 5.92 Å². The molecule has 1 aromatic rings. The van der Waals surface area contributed by atoms with E-state index in [2.05, 4.69) is 17.2 Å². The maximum atomic E-state index is 5.27. The molecule has 1 aliphatic rings. The third-order valence-electron chi connectivity index (χ3n) is 2.86. The monoisotopic (exact) mass is 215 g/mol. The second-order valence-corrected chi connectivity index (χ2v) is 3.99. The van der Waals surface area contributed by atoms with Crippen LogP contribution in [0.1, 0.15) is 18.4 Å². The largest absolute Gasteiger partial charge is 0.495 e. The lowest BCUT2D eigenvalue weighted by Gasteiger charge is -2.17.